The summed E-state index contributed by atoms with van der Waals surface area (Å²) in [5.74, 6) is 0.687. The molecule has 2 aromatic carbocycles. The third kappa shape index (κ3) is 5.75. The van der Waals surface area contributed by atoms with E-state index in [0.717, 1.165) is 16.9 Å². The molecule has 2 rings (SSSR count). The molecule has 1 amide bonds. The third-order valence-corrected chi connectivity index (χ3v) is 3.41. The molecule has 0 heterocycles. The maximum Gasteiger partial charge on any atom is 0.224 e. The molecule has 0 bridgehead atoms. The van der Waals surface area contributed by atoms with Crippen LogP contribution in [0.2, 0.25) is 0 Å². The number of aliphatic hydroxyl groups excluding tert-OH is 1. The molecule has 4 heteroatoms. The Morgan fingerprint density at radius 3 is 2.30 bits per heavy atom. The summed E-state index contributed by atoms with van der Waals surface area (Å²) < 4.78 is 5.79. The average Bonchev–Trinajstić information content (AvgIpc) is 2.51. The van der Waals surface area contributed by atoms with Crippen molar-refractivity contribution in [3.63, 3.8) is 0 Å². The maximum absolute atomic E-state index is 11.6. The van der Waals surface area contributed by atoms with Gasteiger partial charge in [0.15, 0.2) is 0 Å². The number of carbonyl (C=O) groups is 1. The van der Waals surface area contributed by atoms with E-state index in [1.807, 2.05) is 24.3 Å². The number of aryl methyl sites for hydroxylation is 2. The predicted octanol–water partition coefficient (Wildman–Crippen LogP) is 2.53. The van der Waals surface area contributed by atoms with Gasteiger partial charge >= 0.3 is 0 Å². The predicted molar refractivity (Wildman–Crippen MR) is 90.5 cm³/mol. The highest BCUT2D eigenvalue weighted by molar-refractivity contribution is 5.78. The van der Waals surface area contributed by atoms with Crippen LogP contribution in [0.4, 0.5) is 0 Å². The van der Waals surface area contributed by atoms with E-state index < -0.39 is 0 Å². The molecular weight excluding hydrogens is 290 g/mol. The molecule has 0 radical (unpaired) electrons. The molecule has 0 atom stereocenters. The lowest BCUT2D eigenvalue weighted by Gasteiger charge is -2.09. The number of carbonyl (C=O) groups excluding carboxylic acids is 1. The second-order valence-electron chi connectivity index (χ2n) is 5.68. The SMILES string of the molecule is Cc1cc(C)cc(COc2ccc(CC(=O)NCCO)cc2)c1. The van der Waals surface area contributed by atoms with E-state index in [2.05, 4.69) is 37.4 Å². The van der Waals surface area contributed by atoms with Crippen LogP contribution in [0.15, 0.2) is 42.5 Å². The third-order valence-electron chi connectivity index (χ3n) is 3.41. The summed E-state index contributed by atoms with van der Waals surface area (Å²) in [6, 6.07) is 13.9. The molecule has 122 valence electrons. The van der Waals surface area contributed by atoms with E-state index >= 15 is 0 Å². The van der Waals surface area contributed by atoms with E-state index in [4.69, 9.17) is 9.84 Å². The standard InChI is InChI=1S/C19H23NO3/c1-14-9-15(2)11-17(10-14)13-23-18-5-3-16(4-6-18)12-19(22)20-7-8-21/h3-6,9-11,21H,7-8,12-13H2,1-2H3,(H,20,22). The van der Waals surface area contributed by atoms with Crippen molar-refractivity contribution in [2.45, 2.75) is 26.9 Å². The van der Waals surface area contributed by atoms with E-state index in [1.165, 1.54) is 11.1 Å². The molecule has 0 aliphatic carbocycles. The first-order valence-corrected chi connectivity index (χ1v) is 7.73. The number of nitrogens with one attached hydrogen (secondary N) is 1. The van der Waals surface area contributed by atoms with Gasteiger partial charge in [0.2, 0.25) is 5.91 Å². The fourth-order valence-corrected chi connectivity index (χ4v) is 2.47. The Hall–Kier alpha value is -2.33. The summed E-state index contributed by atoms with van der Waals surface area (Å²) in [6.45, 7) is 4.92. The fraction of sp³-hybridized carbons (Fsp3) is 0.316. The molecule has 0 spiro atoms. The first-order valence-electron chi connectivity index (χ1n) is 7.73. The number of rotatable bonds is 7. The lowest BCUT2D eigenvalue weighted by Crippen LogP contribution is -2.27. The quantitative estimate of drug-likeness (QED) is 0.826. The van der Waals surface area contributed by atoms with Gasteiger partial charge in [-0.3, -0.25) is 4.79 Å². The monoisotopic (exact) mass is 313 g/mol. The summed E-state index contributed by atoms with van der Waals surface area (Å²) >= 11 is 0. The maximum atomic E-state index is 11.6. The largest absolute Gasteiger partial charge is 0.489 e. The van der Waals surface area contributed by atoms with Crippen molar-refractivity contribution in [1.29, 1.82) is 0 Å². The normalized spacial score (nSPS) is 10.4. The lowest BCUT2D eigenvalue weighted by atomic mass is 10.1. The van der Waals surface area contributed by atoms with Crippen molar-refractivity contribution < 1.29 is 14.6 Å². The summed E-state index contributed by atoms with van der Waals surface area (Å²) in [7, 11) is 0. The second-order valence-corrected chi connectivity index (χ2v) is 5.68. The first kappa shape index (κ1) is 17.0. The molecule has 0 saturated carbocycles. The van der Waals surface area contributed by atoms with Crippen LogP contribution in [0.1, 0.15) is 22.3 Å². The lowest BCUT2D eigenvalue weighted by molar-refractivity contribution is -0.120. The Balaban J connectivity index is 1.88. The number of hydrogen-bond donors (Lipinski definition) is 2. The Morgan fingerprint density at radius 2 is 1.70 bits per heavy atom. The van der Waals surface area contributed by atoms with Gasteiger partial charge < -0.3 is 15.2 Å². The molecule has 0 aliphatic heterocycles. The van der Waals surface area contributed by atoms with Crippen LogP contribution in [0.3, 0.4) is 0 Å². The van der Waals surface area contributed by atoms with Crippen LogP contribution in [0, 0.1) is 13.8 Å². The number of benzene rings is 2. The molecule has 0 aliphatic rings. The molecule has 0 saturated heterocycles. The van der Waals surface area contributed by atoms with Gasteiger partial charge in [-0.1, -0.05) is 41.5 Å². The van der Waals surface area contributed by atoms with Crippen LogP contribution in [-0.2, 0) is 17.8 Å². The van der Waals surface area contributed by atoms with E-state index in [0.29, 0.717) is 13.0 Å². The van der Waals surface area contributed by atoms with Crippen molar-refractivity contribution in [2.24, 2.45) is 0 Å². The number of ether oxygens (including phenoxy) is 1. The molecule has 0 unspecified atom stereocenters. The van der Waals surface area contributed by atoms with Crippen LogP contribution in [0.5, 0.6) is 5.75 Å². The van der Waals surface area contributed by atoms with Crippen LogP contribution >= 0.6 is 0 Å². The van der Waals surface area contributed by atoms with Crippen molar-refractivity contribution >= 4 is 5.91 Å². The average molecular weight is 313 g/mol. The smallest absolute Gasteiger partial charge is 0.224 e. The van der Waals surface area contributed by atoms with Gasteiger partial charge in [-0.15, -0.1) is 0 Å². The van der Waals surface area contributed by atoms with Crippen molar-refractivity contribution in [2.75, 3.05) is 13.2 Å². The van der Waals surface area contributed by atoms with Crippen LogP contribution < -0.4 is 10.1 Å². The highest BCUT2D eigenvalue weighted by Crippen LogP contribution is 2.16. The molecule has 4 nitrogen and oxygen atoms in total. The minimum absolute atomic E-state index is 0.0447. The fourth-order valence-electron chi connectivity index (χ4n) is 2.47. The molecule has 2 aromatic rings. The van der Waals surface area contributed by atoms with Crippen LogP contribution in [-0.4, -0.2) is 24.2 Å². The van der Waals surface area contributed by atoms with E-state index in [9.17, 15) is 4.79 Å². The highest BCUT2D eigenvalue weighted by atomic mass is 16.5. The van der Waals surface area contributed by atoms with Gasteiger partial charge in [0.05, 0.1) is 13.0 Å². The van der Waals surface area contributed by atoms with Gasteiger partial charge in [-0.05, 0) is 37.1 Å². The molecule has 0 fully saturated rings. The zero-order chi connectivity index (χ0) is 16.7. The minimum Gasteiger partial charge on any atom is -0.489 e. The zero-order valence-corrected chi connectivity index (χ0v) is 13.6. The Bertz CT molecular complexity index is 630. The Morgan fingerprint density at radius 1 is 1.04 bits per heavy atom. The second kappa shape index (κ2) is 8.34. The Kier molecular flexibility index (Phi) is 6.18. The topological polar surface area (TPSA) is 58.6 Å². The molecular formula is C19H23NO3. The number of aliphatic hydroxyl groups is 1. The zero-order valence-electron chi connectivity index (χ0n) is 13.6. The van der Waals surface area contributed by atoms with Gasteiger partial charge in [-0.25, -0.2) is 0 Å². The summed E-state index contributed by atoms with van der Waals surface area (Å²) in [5.41, 5.74) is 4.52. The molecule has 2 N–H and O–H groups in total. The number of amides is 1. The first-order chi connectivity index (χ1) is 11.1. The van der Waals surface area contributed by atoms with Crippen LogP contribution in [0.25, 0.3) is 0 Å². The van der Waals surface area contributed by atoms with Gasteiger partial charge in [-0.2, -0.15) is 0 Å². The van der Waals surface area contributed by atoms with Crippen molar-refractivity contribution in [3.8, 4) is 5.75 Å². The van der Waals surface area contributed by atoms with Crippen molar-refractivity contribution in [1.82, 2.24) is 5.32 Å². The molecule has 23 heavy (non-hydrogen) atoms. The van der Waals surface area contributed by atoms with Gasteiger partial charge in [0.25, 0.3) is 0 Å². The summed E-state index contributed by atoms with van der Waals surface area (Å²) in [4.78, 5) is 11.6. The van der Waals surface area contributed by atoms with E-state index in [-0.39, 0.29) is 19.1 Å². The summed E-state index contributed by atoms with van der Waals surface area (Å²) in [6.07, 6.45) is 0.303. The van der Waals surface area contributed by atoms with Crippen molar-refractivity contribution in [3.05, 3.63) is 64.7 Å². The molecule has 0 aromatic heterocycles. The number of hydrogen-bond acceptors (Lipinski definition) is 3. The highest BCUT2D eigenvalue weighted by Gasteiger charge is 2.03. The minimum atomic E-state index is -0.0945. The van der Waals surface area contributed by atoms with E-state index in [1.54, 1.807) is 0 Å². The summed E-state index contributed by atoms with van der Waals surface area (Å²) in [5, 5.41) is 11.3. The Labute approximate surface area is 137 Å². The van der Waals surface area contributed by atoms with Gasteiger partial charge in [0.1, 0.15) is 12.4 Å². The van der Waals surface area contributed by atoms with Gasteiger partial charge in [0, 0.05) is 6.54 Å².